The van der Waals surface area contributed by atoms with Crippen molar-refractivity contribution in [3.63, 3.8) is 0 Å². The average Bonchev–Trinajstić information content (AvgIpc) is 2.98. The first-order valence-corrected chi connectivity index (χ1v) is 13.8. The highest BCUT2D eigenvalue weighted by Gasteiger charge is 2.15. The van der Waals surface area contributed by atoms with Gasteiger partial charge in [0.15, 0.2) is 0 Å². The molecule has 0 bridgehead atoms. The van der Waals surface area contributed by atoms with E-state index in [0.29, 0.717) is 21.2 Å². The highest BCUT2D eigenvalue weighted by atomic mass is 35.5. The van der Waals surface area contributed by atoms with Gasteiger partial charge >= 0.3 is 11.9 Å². The number of rotatable bonds is 8. The quantitative estimate of drug-likeness (QED) is 0.163. The molecule has 0 heterocycles. The molecular formula is C33H34Cl2O6. The lowest BCUT2D eigenvalue weighted by Gasteiger charge is -2.16. The summed E-state index contributed by atoms with van der Waals surface area (Å²) >= 11 is 11.6. The van der Waals surface area contributed by atoms with Crippen LogP contribution in [0, 0.1) is 0 Å². The molecule has 2 unspecified atom stereocenters. The maximum Gasteiger partial charge on any atom is 0.335 e. The van der Waals surface area contributed by atoms with Crippen LogP contribution in [0.2, 0.25) is 10.0 Å². The zero-order chi connectivity index (χ0) is 30.4. The van der Waals surface area contributed by atoms with Crippen molar-refractivity contribution in [2.45, 2.75) is 45.3 Å². The Morgan fingerprint density at radius 3 is 1.10 bits per heavy atom. The van der Waals surface area contributed by atoms with Crippen molar-refractivity contribution in [3.8, 4) is 0 Å². The summed E-state index contributed by atoms with van der Waals surface area (Å²) in [5.41, 5.74) is 4.49. The number of aliphatic hydroxyl groups is 2. The maximum atomic E-state index is 10.4. The summed E-state index contributed by atoms with van der Waals surface area (Å²) in [7, 11) is 0. The van der Waals surface area contributed by atoms with E-state index in [0.717, 1.165) is 35.1 Å². The third-order valence-corrected chi connectivity index (χ3v) is 6.68. The largest absolute Gasteiger partial charge is 0.478 e. The van der Waals surface area contributed by atoms with E-state index in [4.69, 9.17) is 33.4 Å². The molecule has 2 atom stereocenters. The number of aromatic carboxylic acids is 2. The lowest BCUT2D eigenvalue weighted by atomic mass is 9.99. The molecule has 0 saturated carbocycles. The van der Waals surface area contributed by atoms with E-state index >= 15 is 0 Å². The van der Waals surface area contributed by atoms with Crippen molar-refractivity contribution in [3.05, 3.63) is 140 Å². The van der Waals surface area contributed by atoms with E-state index in [-0.39, 0.29) is 6.42 Å². The van der Waals surface area contributed by atoms with Gasteiger partial charge in [0.25, 0.3) is 0 Å². The zero-order valence-electron chi connectivity index (χ0n) is 22.9. The summed E-state index contributed by atoms with van der Waals surface area (Å²) in [5.74, 6) is -1.74. The van der Waals surface area contributed by atoms with Crippen LogP contribution < -0.4 is 0 Å². The molecule has 4 N–H and O–H groups in total. The van der Waals surface area contributed by atoms with E-state index in [1.54, 1.807) is 72.8 Å². The molecule has 6 nitrogen and oxygen atoms in total. The standard InChI is InChI=1S/C15H14Cl2O2.2C9H10O2/c16-12-5-1-10(2-6-12)14(18)9-15(19)11-3-7-13(17)8-4-11;2*1-2-7-3-5-8(6-4-7)9(10)11/h1-8,14-15,18-19H,9H2;2*3-6H,2H2,1H3,(H,10,11). The second-order valence-electron chi connectivity index (χ2n) is 9.08. The SMILES string of the molecule is CCc1ccc(C(=O)O)cc1.CCc1ccc(C(=O)O)cc1.OC(CC(O)c1ccc(Cl)cc1)c1ccc(Cl)cc1. The van der Waals surface area contributed by atoms with Crippen LogP contribution in [0.5, 0.6) is 0 Å². The van der Waals surface area contributed by atoms with E-state index in [9.17, 15) is 19.8 Å². The molecule has 0 aromatic heterocycles. The fourth-order valence-corrected chi connectivity index (χ4v) is 3.87. The van der Waals surface area contributed by atoms with Crippen LogP contribution in [0.1, 0.15) is 75.4 Å². The molecule has 0 aliphatic heterocycles. The Labute approximate surface area is 250 Å². The van der Waals surface area contributed by atoms with Crippen molar-refractivity contribution in [2.75, 3.05) is 0 Å². The highest BCUT2D eigenvalue weighted by Crippen LogP contribution is 2.27. The fourth-order valence-electron chi connectivity index (χ4n) is 3.62. The first-order chi connectivity index (χ1) is 19.5. The maximum absolute atomic E-state index is 10.4. The highest BCUT2D eigenvalue weighted by molar-refractivity contribution is 6.30. The predicted octanol–water partition coefficient (Wildman–Crippen LogP) is 8.04. The Bertz CT molecular complexity index is 1250. The Balaban J connectivity index is 0.000000230. The number of carboxylic acids is 2. The second kappa shape index (κ2) is 17.2. The van der Waals surface area contributed by atoms with Crippen molar-refractivity contribution < 1.29 is 30.0 Å². The molecule has 4 aromatic carbocycles. The molecule has 4 rings (SSSR count). The summed E-state index contributed by atoms with van der Waals surface area (Å²) in [4.78, 5) is 20.8. The van der Waals surface area contributed by atoms with Crippen molar-refractivity contribution in [2.24, 2.45) is 0 Å². The molecule has 41 heavy (non-hydrogen) atoms. The van der Waals surface area contributed by atoms with Gasteiger partial charge < -0.3 is 20.4 Å². The van der Waals surface area contributed by atoms with Gasteiger partial charge in [0.05, 0.1) is 23.3 Å². The number of aryl methyl sites for hydroxylation is 2. The van der Waals surface area contributed by atoms with Crippen LogP contribution >= 0.6 is 23.2 Å². The molecule has 0 radical (unpaired) electrons. The Kier molecular flexibility index (Phi) is 14.1. The number of aliphatic hydroxyl groups excluding tert-OH is 2. The van der Waals surface area contributed by atoms with Gasteiger partial charge in [-0.25, -0.2) is 9.59 Å². The fraction of sp³-hybridized carbons (Fsp3) is 0.212. The van der Waals surface area contributed by atoms with Crippen molar-refractivity contribution in [1.82, 2.24) is 0 Å². The van der Waals surface area contributed by atoms with Crippen LogP contribution in [0.4, 0.5) is 0 Å². The van der Waals surface area contributed by atoms with Crippen molar-refractivity contribution in [1.29, 1.82) is 0 Å². The topological polar surface area (TPSA) is 115 Å². The van der Waals surface area contributed by atoms with Gasteiger partial charge in [0, 0.05) is 16.5 Å². The van der Waals surface area contributed by atoms with Gasteiger partial charge in [-0.2, -0.15) is 0 Å². The lowest BCUT2D eigenvalue weighted by molar-refractivity contribution is 0.0686. The number of halogens is 2. The van der Waals surface area contributed by atoms with Crippen LogP contribution in [-0.2, 0) is 12.8 Å². The van der Waals surface area contributed by atoms with Gasteiger partial charge in [0.1, 0.15) is 0 Å². The van der Waals surface area contributed by atoms with Crippen LogP contribution in [0.3, 0.4) is 0 Å². The Morgan fingerprint density at radius 2 is 0.854 bits per heavy atom. The third-order valence-electron chi connectivity index (χ3n) is 6.17. The molecular weight excluding hydrogens is 563 g/mol. The van der Waals surface area contributed by atoms with E-state index in [1.807, 2.05) is 38.1 Å². The molecule has 0 spiro atoms. The van der Waals surface area contributed by atoms with E-state index in [2.05, 4.69) is 0 Å². The number of carboxylic acid groups (broad SMARTS) is 2. The van der Waals surface area contributed by atoms with Gasteiger partial charge in [0.2, 0.25) is 0 Å². The first-order valence-electron chi connectivity index (χ1n) is 13.1. The zero-order valence-corrected chi connectivity index (χ0v) is 24.4. The van der Waals surface area contributed by atoms with Crippen LogP contribution in [-0.4, -0.2) is 32.4 Å². The van der Waals surface area contributed by atoms with Crippen LogP contribution in [0.15, 0.2) is 97.1 Å². The Morgan fingerprint density at radius 1 is 0.561 bits per heavy atom. The molecule has 0 aliphatic rings. The average molecular weight is 598 g/mol. The summed E-state index contributed by atoms with van der Waals surface area (Å²) in [6, 6.07) is 27.7. The number of hydrogen-bond acceptors (Lipinski definition) is 4. The number of benzene rings is 4. The molecule has 0 aliphatic carbocycles. The Hall–Kier alpha value is -3.68. The minimum absolute atomic E-state index is 0.225. The molecule has 0 amide bonds. The van der Waals surface area contributed by atoms with E-state index < -0.39 is 24.1 Å². The molecule has 0 saturated heterocycles. The van der Waals surface area contributed by atoms with E-state index in [1.165, 1.54) is 0 Å². The smallest absolute Gasteiger partial charge is 0.335 e. The summed E-state index contributed by atoms with van der Waals surface area (Å²) in [6.45, 7) is 4.07. The summed E-state index contributed by atoms with van der Waals surface area (Å²) in [6.07, 6.45) is 0.647. The molecule has 4 aromatic rings. The van der Waals surface area contributed by atoms with Gasteiger partial charge in [-0.3, -0.25) is 0 Å². The molecule has 0 fully saturated rings. The van der Waals surface area contributed by atoms with Crippen LogP contribution in [0.25, 0.3) is 0 Å². The number of hydrogen-bond donors (Lipinski definition) is 4. The van der Waals surface area contributed by atoms with Gasteiger partial charge in [-0.1, -0.05) is 85.6 Å². The minimum Gasteiger partial charge on any atom is -0.478 e. The summed E-state index contributed by atoms with van der Waals surface area (Å²) < 4.78 is 0. The van der Waals surface area contributed by atoms with Gasteiger partial charge in [-0.05, 0) is 83.6 Å². The monoisotopic (exact) mass is 596 g/mol. The normalized spacial score (nSPS) is 11.7. The molecule has 216 valence electrons. The lowest BCUT2D eigenvalue weighted by Crippen LogP contribution is -2.05. The number of carbonyl (C=O) groups is 2. The molecule has 8 heteroatoms. The minimum atomic E-state index is -0.868. The first kappa shape index (κ1) is 33.5. The van der Waals surface area contributed by atoms with Gasteiger partial charge in [-0.15, -0.1) is 0 Å². The second-order valence-corrected chi connectivity index (χ2v) is 9.95. The van der Waals surface area contributed by atoms with Crippen molar-refractivity contribution >= 4 is 35.1 Å². The predicted molar refractivity (Wildman–Crippen MR) is 163 cm³/mol. The third kappa shape index (κ3) is 11.8. The summed E-state index contributed by atoms with van der Waals surface area (Å²) in [5, 5.41) is 38.5.